The van der Waals surface area contributed by atoms with E-state index in [9.17, 15) is 4.79 Å². The van der Waals surface area contributed by atoms with E-state index in [-0.39, 0.29) is 11.9 Å². The van der Waals surface area contributed by atoms with Crippen molar-refractivity contribution in [1.82, 2.24) is 5.32 Å². The highest BCUT2D eigenvalue weighted by Gasteiger charge is 2.04. The number of benzene rings is 1. The van der Waals surface area contributed by atoms with Crippen molar-refractivity contribution in [2.45, 2.75) is 32.2 Å². The number of carbonyl (C=O) groups excluding carboxylic acids is 1. The lowest BCUT2D eigenvalue weighted by atomic mass is 10.1. The zero-order chi connectivity index (χ0) is 12.7. The van der Waals surface area contributed by atoms with Crippen molar-refractivity contribution in [3.8, 4) is 0 Å². The standard InChI is InChI=1S/C13H19BrN2O/c1-10(15)8-9-16-13(17)7-6-11-4-2-3-5-12(11)14/h2-5,10H,6-9,15H2,1H3,(H,16,17). The zero-order valence-electron chi connectivity index (χ0n) is 10.1. The molecule has 1 amide bonds. The summed E-state index contributed by atoms with van der Waals surface area (Å²) in [6.07, 6.45) is 2.09. The van der Waals surface area contributed by atoms with E-state index in [1.807, 2.05) is 31.2 Å². The Labute approximate surface area is 111 Å². The number of hydrogen-bond donors (Lipinski definition) is 2. The summed E-state index contributed by atoms with van der Waals surface area (Å²) in [5, 5.41) is 2.87. The third-order valence-corrected chi connectivity index (χ3v) is 3.27. The normalized spacial score (nSPS) is 12.2. The third-order valence-electron chi connectivity index (χ3n) is 2.50. The van der Waals surface area contributed by atoms with Crippen molar-refractivity contribution < 1.29 is 4.79 Å². The maximum atomic E-state index is 11.5. The van der Waals surface area contributed by atoms with Crippen LogP contribution in [-0.4, -0.2) is 18.5 Å². The Balaban J connectivity index is 2.26. The summed E-state index contributed by atoms with van der Waals surface area (Å²) in [5.74, 6) is 0.0846. The molecule has 1 aromatic rings. The fourth-order valence-electron chi connectivity index (χ4n) is 1.48. The van der Waals surface area contributed by atoms with Crippen LogP contribution in [0.1, 0.15) is 25.3 Å². The van der Waals surface area contributed by atoms with E-state index in [2.05, 4.69) is 21.2 Å². The van der Waals surface area contributed by atoms with E-state index in [1.165, 1.54) is 0 Å². The molecule has 0 spiro atoms. The van der Waals surface area contributed by atoms with Crippen LogP contribution in [0.25, 0.3) is 0 Å². The van der Waals surface area contributed by atoms with Crippen LogP contribution in [0.3, 0.4) is 0 Å². The van der Waals surface area contributed by atoms with E-state index in [4.69, 9.17) is 5.73 Å². The lowest BCUT2D eigenvalue weighted by molar-refractivity contribution is -0.121. The van der Waals surface area contributed by atoms with Crippen LogP contribution in [0.5, 0.6) is 0 Å². The fourth-order valence-corrected chi connectivity index (χ4v) is 1.96. The lowest BCUT2D eigenvalue weighted by Gasteiger charge is -2.08. The summed E-state index contributed by atoms with van der Waals surface area (Å²) < 4.78 is 1.06. The highest BCUT2D eigenvalue weighted by molar-refractivity contribution is 9.10. The second-order valence-corrected chi connectivity index (χ2v) is 5.06. The molecular weight excluding hydrogens is 280 g/mol. The van der Waals surface area contributed by atoms with Gasteiger partial charge < -0.3 is 11.1 Å². The van der Waals surface area contributed by atoms with Gasteiger partial charge in [0.25, 0.3) is 0 Å². The molecular formula is C13H19BrN2O. The molecule has 4 heteroatoms. The smallest absolute Gasteiger partial charge is 0.220 e. The summed E-state index contributed by atoms with van der Waals surface area (Å²) in [7, 11) is 0. The second-order valence-electron chi connectivity index (χ2n) is 4.21. The minimum atomic E-state index is 0.0846. The molecule has 1 atom stereocenters. The second kappa shape index (κ2) is 7.45. The van der Waals surface area contributed by atoms with Gasteiger partial charge in [0.15, 0.2) is 0 Å². The minimum absolute atomic E-state index is 0.0846. The van der Waals surface area contributed by atoms with Gasteiger partial charge in [-0.25, -0.2) is 0 Å². The highest BCUT2D eigenvalue weighted by atomic mass is 79.9. The average molecular weight is 299 g/mol. The quantitative estimate of drug-likeness (QED) is 0.846. The number of aryl methyl sites for hydroxylation is 1. The summed E-state index contributed by atoms with van der Waals surface area (Å²) in [4.78, 5) is 11.5. The largest absolute Gasteiger partial charge is 0.356 e. The Morgan fingerprint density at radius 2 is 2.18 bits per heavy atom. The Hall–Kier alpha value is -0.870. The van der Waals surface area contributed by atoms with Crippen molar-refractivity contribution in [3.05, 3.63) is 34.3 Å². The monoisotopic (exact) mass is 298 g/mol. The van der Waals surface area contributed by atoms with Gasteiger partial charge >= 0.3 is 0 Å². The number of rotatable bonds is 6. The Morgan fingerprint density at radius 3 is 2.82 bits per heavy atom. The van der Waals surface area contributed by atoms with E-state index in [1.54, 1.807) is 0 Å². The Bertz CT molecular complexity index is 366. The molecule has 0 aliphatic heterocycles. The van der Waals surface area contributed by atoms with Crippen molar-refractivity contribution in [2.24, 2.45) is 5.73 Å². The van der Waals surface area contributed by atoms with Gasteiger partial charge in [-0.05, 0) is 31.4 Å². The zero-order valence-corrected chi connectivity index (χ0v) is 11.7. The first kappa shape index (κ1) is 14.2. The van der Waals surface area contributed by atoms with Gasteiger partial charge in [0, 0.05) is 23.5 Å². The van der Waals surface area contributed by atoms with Crippen LogP contribution in [0, 0.1) is 0 Å². The van der Waals surface area contributed by atoms with Crippen LogP contribution in [0.15, 0.2) is 28.7 Å². The summed E-state index contributed by atoms with van der Waals surface area (Å²) >= 11 is 3.47. The molecule has 0 bridgehead atoms. The molecule has 0 aromatic heterocycles. The molecule has 0 aliphatic carbocycles. The molecule has 0 radical (unpaired) electrons. The molecule has 0 aliphatic rings. The Morgan fingerprint density at radius 1 is 1.47 bits per heavy atom. The van der Waals surface area contributed by atoms with Gasteiger partial charge in [-0.3, -0.25) is 4.79 Å². The van der Waals surface area contributed by atoms with Crippen LogP contribution in [0.4, 0.5) is 0 Å². The van der Waals surface area contributed by atoms with Gasteiger partial charge in [-0.1, -0.05) is 34.1 Å². The predicted molar refractivity (Wildman–Crippen MR) is 73.7 cm³/mol. The van der Waals surface area contributed by atoms with Gasteiger partial charge in [-0.15, -0.1) is 0 Å². The van der Waals surface area contributed by atoms with Crippen molar-refractivity contribution in [1.29, 1.82) is 0 Å². The third kappa shape index (κ3) is 5.84. The number of nitrogens with one attached hydrogen (secondary N) is 1. The topological polar surface area (TPSA) is 55.1 Å². The summed E-state index contributed by atoms with van der Waals surface area (Å²) in [6.45, 7) is 2.60. The van der Waals surface area contributed by atoms with E-state index in [0.29, 0.717) is 13.0 Å². The predicted octanol–water partition coefficient (Wildman–Crippen LogP) is 2.24. The number of amides is 1. The van der Waals surface area contributed by atoms with Crippen LogP contribution in [-0.2, 0) is 11.2 Å². The molecule has 0 heterocycles. The first-order valence-electron chi connectivity index (χ1n) is 5.85. The number of carbonyl (C=O) groups is 1. The number of hydrogen-bond acceptors (Lipinski definition) is 2. The van der Waals surface area contributed by atoms with Gasteiger partial charge in [0.1, 0.15) is 0 Å². The van der Waals surface area contributed by atoms with Crippen molar-refractivity contribution in [2.75, 3.05) is 6.54 Å². The number of halogens is 1. The van der Waals surface area contributed by atoms with Crippen molar-refractivity contribution in [3.63, 3.8) is 0 Å². The Kier molecular flexibility index (Phi) is 6.22. The maximum absolute atomic E-state index is 11.5. The molecule has 1 unspecified atom stereocenters. The fraction of sp³-hybridized carbons (Fsp3) is 0.462. The average Bonchev–Trinajstić information content (AvgIpc) is 2.27. The SMILES string of the molecule is CC(N)CCNC(=O)CCc1ccccc1Br. The van der Waals surface area contributed by atoms with E-state index < -0.39 is 0 Å². The van der Waals surface area contributed by atoms with Crippen LogP contribution < -0.4 is 11.1 Å². The van der Waals surface area contributed by atoms with Gasteiger partial charge in [0.2, 0.25) is 5.91 Å². The van der Waals surface area contributed by atoms with E-state index >= 15 is 0 Å². The van der Waals surface area contributed by atoms with Crippen LogP contribution >= 0.6 is 15.9 Å². The molecule has 1 rings (SSSR count). The number of nitrogens with two attached hydrogens (primary N) is 1. The molecule has 94 valence electrons. The first-order valence-corrected chi connectivity index (χ1v) is 6.64. The van der Waals surface area contributed by atoms with Gasteiger partial charge in [0.05, 0.1) is 0 Å². The summed E-state index contributed by atoms with van der Waals surface area (Å²) in [5.41, 5.74) is 6.77. The van der Waals surface area contributed by atoms with Crippen LogP contribution in [0.2, 0.25) is 0 Å². The van der Waals surface area contributed by atoms with Crippen molar-refractivity contribution >= 4 is 21.8 Å². The molecule has 3 nitrogen and oxygen atoms in total. The molecule has 1 aromatic carbocycles. The molecule has 17 heavy (non-hydrogen) atoms. The minimum Gasteiger partial charge on any atom is -0.356 e. The van der Waals surface area contributed by atoms with Gasteiger partial charge in [-0.2, -0.15) is 0 Å². The molecule has 0 fully saturated rings. The lowest BCUT2D eigenvalue weighted by Crippen LogP contribution is -2.29. The molecule has 0 saturated carbocycles. The van der Waals surface area contributed by atoms with E-state index in [0.717, 1.165) is 22.9 Å². The summed E-state index contributed by atoms with van der Waals surface area (Å²) in [6, 6.07) is 8.10. The maximum Gasteiger partial charge on any atom is 0.220 e. The highest BCUT2D eigenvalue weighted by Crippen LogP contribution is 2.17. The molecule has 0 saturated heterocycles. The molecule has 3 N–H and O–H groups in total. The first-order chi connectivity index (χ1) is 8.09.